The van der Waals surface area contributed by atoms with E-state index in [0.29, 0.717) is 24.7 Å². The molecule has 1 atom stereocenters. The first-order valence-electron chi connectivity index (χ1n) is 7.18. The first-order valence-corrected chi connectivity index (χ1v) is 7.56. The Kier molecular flexibility index (Phi) is 4.61. The molecule has 2 amide bonds. The summed E-state index contributed by atoms with van der Waals surface area (Å²) in [6, 6.07) is 0. The van der Waals surface area contributed by atoms with Gasteiger partial charge < -0.3 is 0 Å². The Hall–Kier alpha value is -1.49. The van der Waals surface area contributed by atoms with E-state index in [2.05, 4.69) is 23.8 Å². The van der Waals surface area contributed by atoms with E-state index in [1.807, 2.05) is 13.8 Å². The molecule has 114 valence electrons. The van der Waals surface area contributed by atoms with Crippen LogP contribution in [0.3, 0.4) is 0 Å². The maximum absolute atomic E-state index is 12.6. The van der Waals surface area contributed by atoms with Crippen molar-refractivity contribution < 1.29 is 9.59 Å². The summed E-state index contributed by atoms with van der Waals surface area (Å²) < 4.78 is 0. The smallest absolute Gasteiger partial charge is 0.277 e. The highest BCUT2D eigenvalue weighted by Gasteiger charge is 2.37. The van der Waals surface area contributed by atoms with E-state index < -0.39 is 5.91 Å². The summed E-state index contributed by atoms with van der Waals surface area (Å²) in [5, 5.41) is 0.185. The minimum absolute atomic E-state index is 0.0894. The second-order valence-electron chi connectivity index (χ2n) is 6.10. The number of imide groups is 1. The van der Waals surface area contributed by atoms with Gasteiger partial charge in [-0.3, -0.25) is 14.5 Å². The lowest BCUT2D eigenvalue weighted by Gasteiger charge is -2.17. The number of nitrogens with zero attached hydrogens (tertiary/aromatic N) is 3. The summed E-state index contributed by atoms with van der Waals surface area (Å²) in [6.07, 6.45) is 1.83. The lowest BCUT2D eigenvalue weighted by atomic mass is 9.95. The fraction of sp³-hybridized carbons (Fsp3) is 0.600. The Bertz CT molecular complexity index is 572. The number of halogens is 1. The van der Waals surface area contributed by atoms with Crippen LogP contribution in [0.25, 0.3) is 0 Å². The molecule has 6 heteroatoms. The minimum atomic E-state index is -0.419. The van der Waals surface area contributed by atoms with Crippen molar-refractivity contribution in [3.8, 4) is 0 Å². The van der Waals surface area contributed by atoms with Gasteiger partial charge in [0.2, 0.25) is 5.91 Å². The highest BCUT2D eigenvalue weighted by molar-refractivity contribution is 6.33. The lowest BCUT2D eigenvalue weighted by molar-refractivity contribution is -0.125. The van der Waals surface area contributed by atoms with Gasteiger partial charge in [-0.2, -0.15) is 0 Å². The number of hydrogen-bond donors (Lipinski definition) is 0. The molecular weight excluding hydrogens is 290 g/mol. The SMILES string of the molecule is CC(C)c1ncc(Cl)c(C(=O)N2CC(C(C)C)CC2=O)n1. The van der Waals surface area contributed by atoms with Crippen molar-refractivity contribution in [2.75, 3.05) is 6.54 Å². The van der Waals surface area contributed by atoms with E-state index in [1.54, 1.807) is 0 Å². The molecule has 0 bridgehead atoms. The Morgan fingerprint density at radius 1 is 1.38 bits per heavy atom. The highest BCUT2D eigenvalue weighted by atomic mass is 35.5. The topological polar surface area (TPSA) is 63.2 Å². The largest absolute Gasteiger partial charge is 0.280 e. The summed E-state index contributed by atoms with van der Waals surface area (Å²) in [5.74, 6) is 0.628. The third-order valence-electron chi connectivity index (χ3n) is 3.82. The van der Waals surface area contributed by atoms with Crippen LogP contribution in [0.1, 0.15) is 56.3 Å². The Balaban J connectivity index is 2.28. The molecule has 1 fully saturated rings. The van der Waals surface area contributed by atoms with Gasteiger partial charge in [-0.1, -0.05) is 39.3 Å². The molecule has 5 nitrogen and oxygen atoms in total. The molecule has 0 saturated carbocycles. The molecule has 2 heterocycles. The average Bonchev–Trinajstić information content (AvgIpc) is 2.80. The molecule has 0 aromatic carbocycles. The number of hydrogen-bond acceptors (Lipinski definition) is 4. The van der Waals surface area contributed by atoms with E-state index in [9.17, 15) is 9.59 Å². The zero-order valence-corrected chi connectivity index (χ0v) is 13.5. The van der Waals surface area contributed by atoms with Crippen molar-refractivity contribution in [1.82, 2.24) is 14.9 Å². The normalized spacial score (nSPS) is 18.9. The fourth-order valence-corrected chi connectivity index (χ4v) is 2.49. The number of carbonyl (C=O) groups is 2. The second-order valence-corrected chi connectivity index (χ2v) is 6.50. The Morgan fingerprint density at radius 2 is 2.05 bits per heavy atom. The molecule has 1 aliphatic heterocycles. The highest BCUT2D eigenvalue weighted by Crippen LogP contribution is 2.27. The van der Waals surface area contributed by atoms with Gasteiger partial charge in [0.1, 0.15) is 5.82 Å². The van der Waals surface area contributed by atoms with Crippen LogP contribution in [0.4, 0.5) is 0 Å². The van der Waals surface area contributed by atoms with Crippen LogP contribution in [0.5, 0.6) is 0 Å². The van der Waals surface area contributed by atoms with Gasteiger partial charge in [0.15, 0.2) is 5.69 Å². The summed E-state index contributed by atoms with van der Waals surface area (Å²) in [5.41, 5.74) is 0.119. The molecule has 1 unspecified atom stereocenters. The molecule has 0 spiro atoms. The summed E-state index contributed by atoms with van der Waals surface area (Å²) in [4.78, 5) is 34.2. The summed E-state index contributed by atoms with van der Waals surface area (Å²) in [7, 11) is 0. The number of rotatable bonds is 3. The van der Waals surface area contributed by atoms with Gasteiger partial charge >= 0.3 is 0 Å². The van der Waals surface area contributed by atoms with Crippen molar-refractivity contribution in [1.29, 1.82) is 0 Å². The number of carbonyl (C=O) groups excluding carboxylic acids is 2. The van der Waals surface area contributed by atoms with E-state index in [-0.39, 0.29) is 28.5 Å². The standard InChI is InChI=1S/C15H20ClN3O2/c1-8(2)10-5-12(20)19(7-10)15(21)13-11(16)6-17-14(18-13)9(3)4/h6,8-10H,5,7H2,1-4H3. The van der Waals surface area contributed by atoms with Gasteiger partial charge in [0, 0.05) is 18.9 Å². The van der Waals surface area contributed by atoms with E-state index in [4.69, 9.17) is 11.6 Å². The zero-order chi connectivity index (χ0) is 15.7. The van der Waals surface area contributed by atoms with Gasteiger partial charge in [-0.05, 0) is 11.8 Å². The van der Waals surface area contributed by atoms with Crippen LogP contribution in [0, 0.1) is 11.8 Å². The molecule has 1 saturated heterocycles. The van der Waals surface area contributed by atoms with Crippen LogP contribution >= 0.6 is 11.6 Å². The Morgan fingerprint density at radius 3 is 2.57 bits per heavy atom. The molecule has 1 aromatic rings. The van der Waals surface area contributed by atoms with Gasteiger partial charge in [0.05, 0.1) is 11.2 Å². The molecule has 1 aromatic heterocycles. The van der Waals surface area contributed by atoms with Crippen molar-refractivity contribution in [2.24, 2.45) is 11.8 Å². The van der Waals surface area contributed by atoms with Crippen LogP contribution < -0.4 is 0 Å². The maximum atomic E-state index is 12.6. The van der Waals surface area contributed by atoms with Crippen LogP contribution in [-0.4, -0.2) is 33.2 Å². The monoisotopic (exact) mass is 309 g/mol. The van der Waals surface area contributed by atoms with E-state index in [0.717, 1.165) is 0 Å². The lowest BCUT2D eigenvalue weighted by Crippen LogP contribution is -2.33. The van der Waals surface area contributed by atoms with E-state index >= 15 is 0 Å². The first kappa shape index (κ1) is 15.9. The zero-order valence-electron chi connectivity index (χ0n) is 12.8. The van der Waals surface area contributed by atoms with Crippen LogP contribution in [0.2, 0.25) is 5.02 Å². The van der Waals surface area contributed by atoms with Crippen LogP contribution in [0.15, 0.2) is 6.20 Å². The van der Waals surface area contributed by atoms with E-state index in [1.165, 1.54) is 11.1 Å². The van der Waals surface area contributed by atoms with Gasteiger partial charge in [0.25, 0.3) is 5.91 Å². The molecule has 0 radical (unpaired) electrons. The Labute approximate surface area is 129 Å². The molecule has 1 aliphatic rings. The number of amides is 2. The average molecular weight is 310 g/mol. The minimum Gasteiger partial charge on any atom is -0.277 e. The molecule has 0 aliphatic carbocycles. The van der Waals surface area contributed by atoms with Crippen molar-refractivity contribution in [3.05, 3.63) is 22.7 Å². The molecule has 21 heavy (non-hydrogen) atoms. The van der Waals surface area contributed by atoms with Crippen molar-refractivity contribution in [2.45, 2.75) is 40.0 Å². The predicted octanol–water partition coefficient (Wildman–Crippen LogP) is 2.90. The van der Waals surface area contributed by atoms with Gasteiger partial charge in [-0.15, -0.1) is 0 Å². The number of aromatic nitrogens is 2. The van der Waals surface area contributed by atoms with Crippen molar-refractivity contribution >= 4 is 23.4 Å². The molecule has 2 rings (SSSR count). The van der Waals surface area contributed by atoms with Crippen LogP contribution in [-0.2, 0) is 4.79 Å². The molecular formula is C15H20ClN3O2. The predicted molar refractivity (Wildman–Crippen MR) is 80.1 cm³/mol. The van der Waals surface area contributed by atoms with Crippen molar-refractivity contribution in [3.63, 3.8) is 0 Å². The maximum Gasteiger partial charge on any atom is 0.280 e. The third kappa shape index (κ3) is 3.23. The summed E-state index contributed by atoms with van der Waals surface area (Å²) in [6.45, 7) is 8.42. The quantitative estimate of drug-likeness (QED) is 0.805. The first-order chi connectivity index (χ1) is 9.81. The molecule has 0 N–H and O–H groups in total. The second kappa shape index (κ2) is 6.10. The number of likely N-dealkylation sites (tertiary alicyclic amines) is 1. The third-order valence-corrected chi connectivity index (χ3v) is 4.10. The summed E-state index contributed by atoms with van der Waals surface area (Å²) >= 11 is 6.04. The van der Waals surface area contributed by atoms with Gasteiger partial charge in [-0.25, -0.2) is 9.97 Å². The fourth-order valence-electron chi connectivity index (χ4n) is 2.31.